The van der Waals surface area contributed by atoms with Crippen molar-refractivity contribution in [3.05, 3.63) is 48.2 Å². The van der Waals surface area contributed by atoms with E-state index in [2.05, 4.69) is 15.3 Å². The molecular weight excluding hydrogens is 385 g/mol. The molecule has 0 bridgehead atoms. The molecule has 0 aliphatic carbocycles. The number of imidazole rings is 1. The molecule has 158 valence electrons. The average Bonchev–Trinajstić information content (AvgIpc) is 3.40. The standard InChI is InChI=1S/C22H26FN5O2/c1-3-27(4-2)22(29)25-15-7-8-19(23)18(12-15)20-9-10-28-16(14-24-21(28)26-20)13-17-6-5-11-30-17/h7-10,12,14,17H,3-6,11,13H2,1-2H3,(H,25,29). The molecule has 8 heteroatoms. The van der Waals surface area contributed by atoms with Gasteiger partial charge in [-0.1, -0.05) is 0 Å². The van der Waals surface area contributed by atoms with E-state index >= 15 is 0 Å². The Morgan fingerprint density at radius 1 is 1.33 bits per heavy atom. The number of carbonyl (C=O) groups is 1. The summed E-state index contributed by atoms with van der Waals surface area (Å²) in [6, 6.07) is 6.04. The van der Waals surface area contributed by atoms with Crippen LogP contribution in [0.15, 0.2) is 36.7 Å². The van der Waals surface area contributed by atoms with Crippen LogP contribution in [-0.2, 0) is 11.2 Å². The third-order valence-electron chi connectivity index (χ3n) is 5.46. The van der Waals surface area contributed by atoms with Gasteiger partial charge in [-0.3, -0.25) is 4.40 Å². The molecule has 1 unspecified atom stereocenters. The molecule has 1 N–H and O–H groups in total. The first-order valence-corrected chi connectivity index (χ1v) is 10.4. The van der Waals surface area contributed by atoms with Crippen LogP contribution in [0.3, 0.4) is 0 Å². The van der Waals surface area contributed by atoms with Crippen LogP contribution >= 0.6 is 0 Å². The van der Waals surface area contributed by atoms with Gasteiger partial charge in [-0.2, -0.15) is 0 Å². The van der Waals surface area contributed by atoms with Crippen molar-refractivity contribution in [3.8, 4) is 11.3 Å². The molecule has 3 heterocycles. The van der Waals surface area contributed by atoms with E-state index in [1.54, 1.807) is 29.3 Å². The second kappa shape index (κ2) is 8.79. The van der Waals surface area contributed by atoms with Gasteiger partial charge in [0.05, 0.1) is 18.0 Å². The third kappa shape index (κ3) is 4.14. The zero-order valence-electron chi connectivity index (χ0n) is 17.3. The molecule has 3 aromatic rings. The predicted molar refractivity (Wildman–Crippen MR) is 113 cm³/mol. The molecule has 1 atom stereocenters. The summed E-state index contributed by atoms with van der Waals surface area (Å²) in [4.78, 5) is 22.9. The summed E-state index contributed by atoms with van der Waals surface area (Å²) < 4.78 is 22.2. The van der Waals surface area contributed by atoms with Crippen molar-refractivity contribution in [3.63, 3.8) is 0 Å². The lowest BCUT2D eigenvalue weighted by Crippen LogP contribution is -2.34. The Morgan fingerprint density at radius 2 is 2.17 bits per heavy atom. The summed E-state index contributed by atoms with van der Waals surface area (Å²) in [5.74, 6) is 0.108. The molecule has 1 aliphatic heterocycles. The van der Waals surface area contributed by atoms with Crippen molar-refractivity contribution in [2.75, 3.05) is 25.0 Å². The summed E-state index contributed by atoms with van der Waals surface area (Å²) in [7, 11) is 0. The van der Waals surface area contributed by atoms with Gasteiger partial charge in [0.25, 0.3) is 0 Å². The summed E-state index contributed by atoms with van der Waals surface area (Å²) in [5.41, 5.74) is 2.33. The maximum absolute atomic E-state index is 14.6. The minimum atomic E-state index is -0.404. The fraction of sp³-hybridized carbons (Fsp3) is 0.409. The van der Waals surface area contributed by atoms with Crippen LogP contribution in [0, 0.1) is 5.82 Å². The van der Waals surface area contributed by atoms with Crippen molar-refractivity contribution < 1.29 is 13.9 Å². The summed E-state index contributed by atoms with van der Waals surface area (Å²) in [6.45, 7) is 5.83. The van der Waals surface area contributed by atoms with E-state index in [4.69, 9.17) is 4.74 Å². The van der Waals surface area contributed by atoms with Crippen LogP contribution in [0.2, 0.25) is 0 Å². The number of halogens is 1. The first kappa shape index (κ1) is 20.3. The monoisotopic (exact) mass is 411 g/mol. The lowest BCUT2D eigenvalue weighted by atomic mass is 10.1. The van der Waals surface area contributed by atoms with Gasteiger partial charge in [0.15, 0.2) is 0 Å². The smallest absolute Gasteiger partial charge is 0.321 e. The zero-order chi connectivity index (χ0) is 21.1. The number of anilines is 1. The quantitative estimate of drug-likeness (QED) is 0.662. The van der Waals surface area contributed by atoms with Crippen LogP contribution in [0.1, 0.15) is 32.4 Å². The summed E-state index contributed by atoms with van der Waals surface area (Å²) >= 11 is 0. The zero-order valence-corrected chi connectivity index (χ0v) is 17.3. The highest BCUT2D eigenvalue weighted by Gasteiger charge is 2.19. The van der Waals surface area contributed by atoms with E-state index in [-0.39, 0.29) is 12.1 Å². The van der Waals surface area contributed by atoms with Crippen LogP contribution in [0.4, 0.5) is 14.9 Å². The first-order valence-electron chi connectivity index (χ1n) is 10.4. The largest absolute Gasteiger partial charge is 0.378 e. The van der Waals surface area contributed by atoms with E-state index in [0.29, 0.717) is 35.8 Å². The number of nitrogens with zero attached hydrogens (tertiary/aromatic N) is 4. The highest BCUT2D eigenvalue weighted by molar-refractivity contribution is 5.90. The van der Waals surface area contributed by atoms with Gasteiger partial charge in [-0.25, -0.2) is 19.2 Å². The highest BCUT2D eigenvalue weighted by Crippen LogP contribution is 2.26. The van der Waals surface area contributed by atoms with E-state index in [1.807, 2.05) is 24.4 Å². The Bertz CT molecular complexity index is 1040. The molecule has 2 aromatic heterocycles. The van der Waals surface area contributed by atoms with Crippen LogP contribution < -0.4 is 5.32 Å². The van der Waals surface area contributed by atoms with E-state index < -0.39 is 5.82 Å². The van der Waals surface area contributed by atoms with Crippen molar-refractivity contribution in [1.82, 2.24) is 19.3 Å². The Balaban J connectivity index is 1.59. The molecule has 1 fully saturated rings. The maximum atomic E-state index is 14.6. The average molecular weight is 411 g/mol. The predicted octanol–water partition coefficient (Wildman–Crippen LogP) is 4.13. The number of hydrogen-bond donors (Lipinski definition) is 1. The van der Waals surface area contributed by atoms with Crippen molar-refractivity contribution in [1.29, 1.82) is 0 Å². The number of amides is 2. The number of benzene rings is 1. The molecule has 1 aromatic carbocycles. The lowest BCUT2D eigenvalue weighted by molar-refractivity contribution is 0.110. The number of urea groups is 1. The number of aromatic nitrogens is 3. The SMILES string of the molecule is CCN(CC)C(=O)Nc1ccc(F)c(-c2ccn3c(CC4CCCO4)cnc3n2)c1. The number of hydrogen-bond acceptors (Lipinski definition) is 4. The minimum Gasteiger partial charge on any atom is -0.378 e. The first-order chi connectivity index (χ1) is 14.6. The number of carbonyl (C=O) groups excluding carboxylic acids is 1. The van der Waals surface area contributed by atoms with Crippen LogP contribution in [-0.4, -0.2) is 51.1 Å². The number of nitrogens with one attached hydrogen (secondary N) is 1. The molecule has 2 amide bonds. The molecular formula is C22H26FN5O2. The molecule has 0 radical (unpaired) electrons. The molecule has 1 aliphatic rings. The Morgan fingerprint density at radius 3 is 2.90 bits per heavy atom. The number of ether oxygens (including phenoxy) is 1. The van der Waals surface area contributed by atoms with Gasteiger partial charge in [0.1, 0.15) is 5.82 Å². The topological polar surface area (TPSA) is 71.8 Å². The van der Waals surface area contributed by atoms with E-state index in [1.165, 1.54) is 6.07 Å². The molecule has 30 heavy (non-hydrogen) atoms. The van der Waals surface area contributed by atoms with Gasteiger partial charge in [-0.15, -0.1) is 0 Å². The van der Waals surface area contributed by atoms with Crippen molar-refractivity contribution in [2.45, 2.75) is 39.2 Å². The third-order valence-corrected chi connectivity index (χ3v) is 5.46. The van der Waals surface area contributed by atoms with Crippen LogP contribution in [0.25, 0.3) is 17.0 Å². The normalized spacial score (nSPS) is 16.2. The van der Waals surface area contributed by atoms with Gasteiger partial charge in [0, 0.05) is 49.3 Å². The van der Waals surface area contributed by atoms with Gasteiger partial charge >= 0.3 is 6.03 Å². The van der Waals surface area contributed by atoms with Crippen LogP contribution in [0.5, 0.6) is 0 Å². The Labute approximate surface area is 174 Å². The Hall–Kier alpha value is -3.00. The highest BCUT2D eigenvalue weighted by atomic mass is 19.1. The molecule has 1 saturated heterocycles. The second-order valence-corrected chi connectivity index (χ2v) is 7.37. The summed E-state index contributed by atoms with van der Waals surface area (Å²) in [5, 5.41) is 2.82. The number of fused-ring (bicyclic) bond motifs is 1. The lowest BCUT2D eigenvalue weighted by Gasteiger charge is -2.19. The fourth-order valence-corrected chi connectivity index (χ4v) is 3.77. The summed E-state index contributed by atoms with van der Waals surface area (Å²) in [6.07, 6.45) is 6.79. The van der Waals surface area contributed by atoms with Crippen molar-refractivity contribution >= 4 is 17.5 Å². The molecule has 4 rings (SSSR count). The second-order valence-electron chi connectivity index (χ2n) is 7.37. The molecule has 0 spiro atoms. The minimum absolute atomic E-state index is 0.215. The molecule has 0 saturated carbocycles. The fourth-order valence-electron chi connectivity index (χ4n) is 3.77. The van der Waals surface area contributed by atoms with E-state index in [0.717, 1.165) is 31.6 Å². The van der Waals surface area contributed by atoms with Gasteiger partial charge in [-0.05, 0) is 51.0 Å². The van der Waals surface area contributed by atoms with Crippen molar-refractivity contribution in [2.24, 2.45) is 0 Å². The molecule has 7 nitrogen and oxygen atoms in total. The number of rotatable bonds is 6. The maximum Gasteiger partial charge on any atom is 0.321 e. The van der Waals surface area contributed by atoms with Gasteiger partial charge < -0.3 is 15.0 Å². The Kier molecular flexibility index (Phi) is 5.94. The van der Waals surface area contributed by atoms with Gasteiger partial charge in [0.2, 0.25) is 5.78 Å². The van der Waals surface area contributed by atoms with E-state index in [9.17, 15) is 9.18 Å².